The van der Waals surface area contributed by atoms with Crippen molar-refractivity contribution in [1.29, 1.82) is 0 Å². The van der Waals surface area contributed by atoms with Crippen molar-refractivity contribution >= 4 is 17.2 Å². The second-order valence-electron chi connectivity index (χ2n) is 3.82. The number of carbonyl (C=O) groups excluding carboxylic acids is 1. The van der Waals surface area contributed by atoms with Gasteiger partial charge in [0.25, 0.3) is 5.91 Å². The summed E-state index contributed by atoms with van der Waals surface area (Å²) in [4.78, 5) is 11.8. The van der Waals surface area contributed by atoms with Crippen LogP contribution in [0.2, 0.25) is 0 Å². The van der Waals surface area contributed by atoms with E-state index < -0.39 is 5.54 Å². The average Bonchev–Trinajstić information content (AvgIpc) is 2.64. The van der Waals surface area contributed by atoms with Crippen LogP contribution in [0, 0.1) is 0 Å². The van der Waals surface area contributed by atoms with Gasteiger partial charge in [-0.1, -0.05) is 0 Å². The Morgan fingerprint density at radius 1 is 1.67 bits per heavy atom. The van der Waals surface area contributed by atoms with E-state index in [2.05, 4.69) is 5.32 Å². The second kappa shape index (κ2) is 4.63. The Balaban J connectivity index is 2.78. The van der Waals surface area contributed by atoms with Gasteiger partial charge in [-0.3, -0.25) is 4.79 Å². The first-order valence-corrected chi connectivity index (χ1v) is 5.43. The number of thiophene rings is 1. The lowest BCUT2D eigenvalue weighted by atomic mass is 10.1. The molecule has 0 unspecified atom stereocenters. The molecule has 0 fully saturated rings. The minimum absolute atomic E-state index is 0.106. The van der Waals surface area contributed by atoms with Crippen LogP contribution in [0.1, 0.15) is 24.2 Å². The highest BCUT2D eigenvalue weighted by molar-refractivity contribution is 7.12. The normalized spacial score (nSPS) is 11.2. The Hall–Kier alpha value is -1.07. The smallest absolute Gasteiger partial charge is 0.256 e. The van der Waals surface area contributed by atoms with Gasteiger partial charge in [0, 0.05) is 0 Å². The first-order chi connectivity index (χ1) is 7.00. The van der Waals surface area contributed by atoms with E-state index >= 15 is 0 Å². The van der Waals surface area contributed by atoms with Crippen molar-refractivity contribution in [3.05, 3.63) is 17.0 Å². The molecule has 0 atom stereocenters. The van der Waals surface area contributed by atoms with Gasteiger partial charge < -0.3 is 15.2 Å². The number of amides is 1. The van der Waals surface area contributed by atoms with Crippen LogP contribution in [0.15, 0.2) is 11.4 Å². The first kappa shape index (κ1) is 12.0. The summed E-state index contributed by atoms with van der Waals surface area (Å²) in [7, 11) is 1.53. The fraction of sp³-hybridized carbons (Fsp3) is 0.500. The van der Waals surface area contributed by atoms with Gasteiger partial charge in [0.1, 0.15) is 0 Å². The molecule has 0 saturated heterocycles. The molecule has 0 aromatic carbocycles. The van der Waals surface area contributed by atoms with Crippen molar-refractivity contribution in [1.82, 2.24) is 5.32 Å². The third-order valence-electron chi connectivity index (χ3n) is 1.91. The summed E-state index contributed by atoms with van der Waals surface area (Å²) < 4.78 is 5.05. The highest BCUT2D eigenvalue weighted by Gasteiger charge is 2.22. The quantitative estimate of drug-likeness (QED) is 0.817. The summed E-state index contributed by atoms with van der Waals surface area (Å²) in [5.41, 5.74) is -0.117. The minimum Gasteiger partial charge on any atom is -0.487 e. The maximum Gasteiger partial charge on any atom is 0.256 e. The van der Waals surface area contributed by atoms with Gasteiger partial charge in [-0.2, -0.15) is 0 Å². The third-order valence-corrected chi connectivity index (χ3v) is 2.78. The SMILES string of the molecule is COc1sccc1C(=O)NC(C)(C)CO. The van der Waals surface area contributed by atoms with Crippen LogP contribution in [0.5, 0.6) is 5.06 Å². The number of hydrogen-bond donors (Lipinski definition) is 2. The lowest BCUT2D eigenvalue weighted by Crippen LogP contribution is -2.46. The molecule has 1 heterocycles. The number of aliphatic hydroxyl groups excluding tert-OH is 1. The number of methoxy groups -OCH3 is 1. The van der Waals surface area contributed by atoms with E-state index in [1.165, 1.54) is 18.4 Å². The number of nitrogens with one attached hydrogen (secondary N) is 1. The zero-order valence-corrected chi connectivity index (χ0v) is 9.85. The maximum absolute atomic E-state index is 11.8. The van der Waals surface area contributed by atoms with E-state index in [1.807, 2.05) is 0 Å². The van der Waals surface area contributed by atoms with Crippen LogP contribution >= 0.6 is 11.3 Å². The zero-order valence-electron chi connectivity index (χ0n) is 9.03. The van der Waals surface area contributed by atoms with E-state index in [-0.39, 0.29) is 12.5 Å². The lowest BCUT2D eigenvalue weighted by molar-refractivity contribution is 0.0867. The van der Waals surface area contributed by atoms with Crippen molar-refractivity contribution in [2.75, 3.05) is 13.7 Å². The maximum atomic E-state index is 11.8. The van der Waals surface area contributed by atoms with E-state index in [1.54, 1.807) is 25.3 Å². The summed E-state index contributed by atoms with van der Waals surface area (Å²) in [5, 5.41) is 14.1. The Labute approximate surface area is 92.9 Å². The van der Waals surface area contributed by atoms with Crippen LogP contribution in [0.4, 0.5) is 0 Å². The molecule has 0 saturated carbocycles. The van der Waals surface area contributed by atoms with Crippen molar-refractivity contribution < 1.29 is 14.6 Å². The molecule has 4 nitrogen and oxygen atoms in total. The molecule has 0 radical (unpaired) electrons. The first-order valence-electron chi connectivity index (χ1n) is 4.55. The molecule has 1 aromatic heterocycles. The van der Waals surface area contributed by atoms with Crippen molar-refractivity contribution in [3.8, 4) is 5.06 Å². The number of hydrogen-bond acceptors (Lipinski definition) is 4. The molecule has 5 heteroatoms. The fourth-order valence-electron chi connectivity index (χ4n) is 1.04. The average molecular weight is 229 g/mol. The van der Waals surface area contributed by atoms with Crippen LogP contribution in [-0.2, 0) is 0 Å². The van der Waals surface area contributed by atoms with Gasteiger partial charge in [0.2, 0.25) is 0 Å². The summed E-state index contributed by atoms with van der Waals surface area (Å²) in [6.45, 7) is 3.40. The minimum atomic E-state index is -0.621. The van der Waals surface area contributed by atoms with E-state index in [0.29, 0.717) is 10.6 Å². The van der Waals surface area contributed by atoms with Crippen molar-refractivity contribution in [2.45, 2.75) is 19.4 Å². The van der Waals surface area contributed by atoms with Gasteiger partial charge in [-0.15, -0.1) is 11.3 Å². The van der Waals surface area contributed by atoms with Gasteiger partial charge in [0.15, 0.2) is 5.06 Å². The number of ether oxygens (including phenoxy) is 1. The third kappa shape index (κ3) is 2.94. The zero-order chi connectivity index (χ0) is 11.5. The van der Waals surface area contributed by atoms with Gasteiger partial charge in [0.05, 0.1) is 24.8 Å². The van der Waals surface area contributed by atoms with Crippen LogP contribution in [0.25, 0.3) is 0 Å². The Kier molecular flexibility index (Phi) is 3.71. The monoisotopic (exact) mass is 229 g/mol. The topological polar surface area (TPSA) is 58.6 Å². The van der Waals surface area contributed by atoms with E-state index in [4.69, 9.17) is 9.84 Å². The predicted octanol–water partition coefficient (Wildman–Crippen LogP) is 1.26. The number of carbonyl (C=O) groups is 1. The molecule has 1 aromatic rings. The summed E-state index contributed by atoms with van der Waals surface area (Å²) in [6, 6.07) is 1.70. The Morgan fingerprint density at radius 3 is 2.87 bits per heavy atom. The largest absolute Gasteiger partial charge is 0.487 e. The highest BCUT2D eigenvalue weighted by atomic mass is 32.1. The molecular formula is C10H15NO3S. The molecule has 0 aliphatic carbocycles. The Morgan fingerprint density at radius 2 is 2.33 bits per heavy atom. The Bertz CT molecular complexity index is 346. The summed E-state index contributed by atoms with van der Waals surface area (Å²) in [5.74, 6) is -0.229. The number of aliphatic hydroxyl groups is 1. The van der Waals surface area contributed by atoms with E-state index in [9.17, 15) is 4.79 Å². The molecule has 15 heavy (non-hydrogen) atoms. The summed E-state index contributed by atoms with van der Waals surface area (Å²) in [6.07, 6.45) is 0. The predicted molar refractivity (Wildman–Crippen MR) is 59.5 cm³/mol. The van der Waals surface area contributed by atoms with Crippen molar-refractivity contribution in [2.24, 2.45) is 0 Å². The molecule has 84 valence electrons. The fourth-order valence-corrected chi connectivity index (χ4v) is 1.75. The molecule has 0 aliphatic rings. The van der Waals surface area contributed by atoms with Crippen molar-refractivity contribution in [3.63, 3.8) is 0 Å². The lowest BCUT2D eigenvalue weighted by Gasteiger charge is -2.23. The molecule has 1 rings (SSSR count). The van der Waals surface area contributed by atoms with Crippen LogP contribution in [0.3, 0.4) is 0 Å². The van der Waals surface area contributed by atoms with Gasteiger partial charge >= 0.3 is 0 Å². The molecular weight excluding hydrogens is 214 g/mol. The van der Waals surface area contributed by atoms with Crippen LogP contribution < -0.4 is 10.1 Å². The molecule has 1 amide bonds. The number of rotatable bonds is 4. The molecule has 2 N–H and O–H groups in total. The summed E-state index contributed by atoms with van der Waals surface area (Å²) >= 11 is 1.37. The molecule has 0 spiro atoms. The second-order valence-corrected chi connectivity index (χ2v) is 4.70. The molecule has 0 aliphatic heterocycles. The van der Waals surface area contributed by atoms with E-state index in [0.717, 1.165) is 0 Å². The van der Waals surface area contributed by atoms with Crippen LogP contribution in [-0.4, -0.2) is 30.3 Å². The standard InChI is InChI=1S/C10H15NO3S/c1-10(2,6-12)11-8(13)7-4-5-15-9(7)14-3/h4-5,12H,6H2,1-3H3,(H,11,13). The van der Waals surface area contributed by atoms with Gasteiger partial charge in [-0.25, -0.2) is 0 Å². The molecule has 0 bridgehead atoms. The highest BCUT2D eigenvalue weighted by Crippen LogP contribution is 2.25. The van der Waals surface area contributed by atoms with Gasteiger partial charge in [-0.05, 0) is 25.3 Å².